The third kappa shape index (κ3) is 4.32. The summed E-state index contributed by atoms with van der Waals surface area (Å²) in [5.74, 6) is -0.115. The zero-order valence-corrected chi connectivity index (χ0v) is 16.0. The van der Waals surface area contributed by atoms with Gasteiger partial charge in [0.25, 0.3) is 5.91 Å². The van der Waals surface area contributed by atoms with E-state index in [9.17, 15) is 17.6 Å². The molecule has 1 fully saturated rings. The Balaban J connectivity index is 1.90. The number of halogens is 1. The van der Waals surface area contributed by atoms with E-state index >= 15 is 0 Å². The van der Waals surface area contributed by atoms with E-state index in [-0.39, 0.29) is 24.0 Å². The number of nitrogens with zero attached hydrogens (tertiary/aromatic N) is 4. The van der Waals surface area contributed by atoms with Crippen LogP contribution in [0.3, 0.4) is 0 Å². The van der Waals surface area contributed by atoms with Gasteiger partial charge in [0.15, 0.2) is 0 Å². The summed E-state index contributed by atoms with van der Waals surface area (Å²) in [5, 5.41) is 2.43. The molecule has 1 aromatic heterocycles. The number of amides is 1. The standard InChI is InChI=1S/C17H22FN5O3S/c1-3-23-14(16(24)20-15-8-9-19-17(18)21-15)10-13(22-27(23,25)26)12-6-4-11(2)5-7-12/h8-12H,3-7H2,1-2H3,(H,19,20,21,24). The lowest BCUT2D eigenvalue weighted by Crippen LogP contribution is -2.39. The molecule has 3 rings (SSSR count). The van der Waals surface area contributed by atoms with Crippen LogP contribution in [0.15, 0.2) is 28.4 Å². The Morgan fingerprint density at radius 1 is 1.33 bits per heavy atom. The number of hydrogen-bond acceptors (Lipinski definition) is 5. The number of rotatable bonds is 4. The van der Waals surface area contributed by atoms with Crippen LogP contribution in [-0.2, 0) is 15.0 Å². The Bertz CT molecular complexity index is 892. The quantitative estimate of drug-likeness (QED) is 0.788. The Morgan fingerprint density at radius 3 is 2.67 bits per heavy atom. The lowest BCUT2D eigenvalue weighted by molar-refractivity contribution is -0.113. The summed E-state index contributed by atoms with van der Waals surface area (Å²) in [4.78, 5) is 19.5. The second kappa shape index (κ2) is 7.71. The van der Waals surface area contributed by atoms with Gasteiger partial charge in [-0.2, -0.15) is 17.8 Å². The van der Waals surface area contributed by atoms with Crippen LogP contribution in [-0.4, -0.2) is 40.9 Å². The number of anilines is 1. The van der Waals surface area contributed by atoms with Crippen LogP contribution >= 0.6 is 0 Å². The number of carbonyl (C=O) groups is 1. The topological polar surface area (TPSA) is 105 Å². The summed E-state index contributed by atoms with van der Waals surface area (Å²) < 4.78 is 43.2. The van der Waals surface area contributed by atoms with Gasteiger partial charge in [0.2, 0.25) is 0 Å². The first-order chi connectivity index (χ1) is 12.8. The molecule has 2 heterocycles. The average Bonchev–Trinajstić information content (AvgIpc) is 2.61. The number of likely N-dealkylation sites (N-methyl/N-ethyl adjacent to an activating group) is 1. The zero-order chi connectivity index (χ0) is 19.6. The van der Waals surface area contributed by atoms with E-state index in [2.05, 4.69) is 26.6 Å². The van der Waals surface area contributed by atoms with Gasteiger partial charge in [0, 0.05) is 18.7 Å². The molecular weight excluding hydrogens is 373 g/mol. The second-order valence-corrected chi connectivity index (χ2v) is 8.33. The van der Waals surface area contributed by atoms with Gasteiger partial charge in [-0.3, -0.25) is 4.79 Å². The summed E-state index contributed by atoms with van der Waals surface area (Å²) in [5.41, 5.74) is 0.366. The maximum absolute atomic E-state index is 13.1. The first kappa shape index (κ1) is 19.4. The molecule has 0 saturated heterocycles. The van der Waals surface area contributed by atoms with Crippen LogP contribution in [0.5, 0.6) is 0 Å². The normalized spacial score (nSPS) is 24.8. The third-order valence-corrected chi connectivity index (χ3v) is 6.33. The highest BCUT2D eigenvalue weighted by Crippen LogP contribution is 2.32. The molecule has 1 saturated carbocycles. The summed E-state index contributed by atoms with van der Waals surface area (Å²) in [6.45, 7) is 3.84. The molecule has 0 unspecified atom stereocenters. The molecule has 0 aromatic carbocycles. The van der Waals surface area contributed by atoms with Crippen molar-refractivity contribution in [3.05, 3.63) is 30.1 Å². The van der Waals surface area contributed by atoms with Crippen LogP contribution in [0.2, 0.25) is 0 Å². The summed E-state index contributed by atoms with van der Waals surface area (Å²) >= 11 is 0. The molecule has 0 bridgehead atoms. The molecule has 1 amide bonds. The number of aromatic nitrogens is 2. The Kier molecular flexibility index (Phi) is 5.54. The van der Waals surface area contributed by atoms with Gasteiger partial charge in [-0.25, -0.2) is 9.29 Å². The highest BCUT2D eigenvalue weighted by molar-refractivity contribution is 7.88. The highest BCUT2D eigenvalue weighted by atomic mass is 32.2. The maximum atomic E-state index is 13.1. The van der Waals surface area contributed by atoms with Crippen molar-refractivity contribution in [2.45, 2.75) is 39.5 Å². The third-order valence-electron chi connectivity index (χ3n) is 4.87. The zero-order valence-electron chi connectivity index (χ0n) is 15.2. The first-order valence-corrected chi connectivity index (χ1v) is 10.3. The van der Waals surface area contributed by atoms with Gasteiger partial charge in [0.1, 0.15) is 11.5 Å². The fraction of sp³-hybridized carbons (Fsp3) is 0.529. The van der Waals surface area contributed by atoms with Crippen molar-refractivity contribution in [3.63, 3.8) is 0 Å². The molecule has 146 valence electrons. The van der Waals surface area contributed by atoms with Crippen molar-refractivity contribution in [3.8, 4) is 0 Å². The maximum Gasteiger partial charge on any atom is 0.345 e. The van der Waals surface area contributed by atoms with Crippen LogP contribution in [0.4, 0.5) is 10.2 Å². The largest absolute Gasteiger partial charge is 0.345 e. The highest BCUT2D eigenvalue weighted by Gasteiger charge is 2.34. The fourth-order valence-corrected chi connectivity index (χ4v) is 4.67. The predicted molar refractivity (Wildman–Crippen MR) is 98.6 cm³/mol. The van der Waals surface area contributed by atoms with E-state index in [1.165, 1.54) is 12.1 Å². The van der Waals surface area contributed by atoms with E-state index in [4.69, 9.17) is 0 Å². The Morgan fingerprint density at radius 2 is 2.04 bits per heavy atom. The minimum atomic E-state index is -3.99. The minimum absolute atomic E-state index is 0.00859. The summed E-state index contributed by atoms with van der Waals surface area (Å²) in [6, 6.07) is 1.33. The molecule has 2 aliphatic rings. The molecule has 27 heavy (non-hydrogen) atoms. The van der Waals surface area contributed by atoms with Gasteiger partial charge in [-0.15, -0.1) is 4.40 Å². The Hall–Kier alpha value is -2.36. The number of nitrogens with one attached hydrogen (secondary N) is 1. The van der Waals surface area contributed by atoms with Crippen LogP contribution in [0, 0.1) is 17.9 Å². The molecule has 10 heteroatoms. The van der Waals surface area contributed by atoms with Crippen molar-refractivity contribution in [1.29, 1.82) is 0 Å². The van der Waals surface area contributed by atoms with E-state index < -0.39 is 22.2 Å². The van der Waals surface area contributed by atoms with Gasteiger partial charge in [0.05, 0.1) is 5.71 Å². The predicted octanol–water partition coefficient (Wildman–Crippen LogP) is 2.29. The Labute approximate surface area is 157 Å². The van der Waals surface area contributed by atoms with Gasteiger partial charge >= 0.3 is 16.3 Å². The van der Waals surface area contributed by atoms with Crippen LogP contribution < -0.4 is 5.32 Å². The molecular formula is C17H22FN5O3S. The second-order valence-electron chi connectivity index (χ2n) is 6.81. The number of allylic oxidation sites excluding steroid dienone is 1. The summed E-state index contributed by atoms with van der Waals surface area (Å²) in [6.07, 6.45) is 5.38. The van der Waals surface area contributed by atoms with Crippen molar-refractivity contribution in [2.24, 2.45) is 16.2 Å². The van der Waals surface area contributed by atoms with Crippen LogP contribution in [0.25, 0.3) is 0 Å². The molecule has 1 N–H and O–H groups in total. The molecule has 1 aliphatic carbocycles. The van der Waals surface area contributed by atoms with E-state index in [0.29, 0.717) is 11.6 Å². The average molecular weight is 395 g/mol. The molecule has 0 spiro atoms. The molecule has 0 radical (unpaired) electrons. The van der Waals surface area contributed by atoms with Crippen molar-refractivity contribution in [1.82, 2.24) is 14.3 Å². The lowest BCUT2D eigenvalue weighted by Gasteiger charge is -2.31. The minimum Gasteiger partial charge on any atom is -0.305 e. The molecule has 0 atom stereocenters. The van der Waals surface area contributed by atoms with E-state index in [0.717, 1.165) is 36.2 Å². The summed E-state index contributed by atoms with van der Waals surface area (Å²) in [7, 11) is -3.99. The number of hydrogen-bond donors (Lipinski definition) is 1. The first-order valence-electron chi connectivity index (χ1n) is 8.94. The monoisotopic (exact) mass is 395 g/mol. The van der Waals surface area contributed by atoms with E-state index in [1.54, 1.807) is 6.92 Å². The number of carbonyl (C=O) groups excluding carboxylic acids is 1. The molecule has 1 aromatic rings. The van der Waals surface area contributed by atoms with Gasteiger partial charge in [-0.1, -0.05) is 19.8 Å². The van der Waals surface area contributed by atoms with Crippen molar-refractivity contribution < 1.29 is 17.6 Å². The van der Waals surface area contributed by atoms with Crippen LogP contribution in [0.1, 0.15) is 39.5 Å². The fourth-order valence-electron chi connectivity index (χ4n) is 3.39. The SMILES string of the molecule is CCN1C(C(=O)Nc2ccnc(F)n2)=CC(C2CCC(C)CC2)=NS1(=O)=O. The van der Waals surface area contributed by atoms with E-state index in [1.807, 2.05) is 0 Å². The van der Waals surface area contributed by atoms with Crippen molar-refractivity contribution >= 4 is 27.6 Å². The molecule has 8 nitrogen and oxygen atoms in total. The van der Waals surface area contributed by atoms with Gasteiger partial charge < -0.3 is 5.32 Å². The van der Waals surface area contributed by atoms with Gasteiger partial charge in [-0.05, 0) is 37.8 Å². The van der Waals surface area contributed by atoms with Crippen molar-refractivity contribution in [2.75, 3.05) is 11.9 Å². The molecule has 1 aliphatic heterocycles. The smallest absolute Gasteiger partial charge is 0.305 e. The lowest BCUT2D eigenvalue weighted by atomic mass is 9.80.